The minimum absolute atomic E-state index is 0.0189. The van der Waals surface area contributed by atoms with Crippen LogP contribution < -0.4 is 15.0 Å². The van der Waals surface area contributed by atoms with Gasteiger partial charge in [-0.05, 0) is 43.2 Å². The number of amides is 1. The molecule has 34 heavy (non-hydrogen) atoms. The van der Waals surface area contributed by atoms with Crippen molar-refractivity contribution in [1.29, 1.82) is 0 Å². The molecule has 2 aliphatic carbocycles. The van der Waals surface area contributed by atoms with Crippen LogP contribution in [0.4, 0.5) is 5.13 Å². The molecule has 1 atom stereocenters. The fourth-order valence-corrected chi connectivity index (χ4v) is 5.13. The third kappa shape index (κ3) is 6.72. The standard InChI is InChI=1S/C28H37N3O2S/c1-20-16-22(12-13-24(20)26(32)29-17-21-10-11-21)18-31(14-15-33-23-8-6-5-7-9-23)27-30-25(19-34-27)28(2,3)4/h5-9,12-13,19-21H,10-11,14-18H2,1-4H3,(H,29,32)/t20-/m1/s1. The van der Waals surface area contributed by atoms with Crippen LogP contribution in [0.2, 0.25) is 0 Å². The van der Waals surface area contributed by atoms with Crippen molar-refractivity contribution < 1.29 is 9.53 Å². The molecule has 0 radical (unpaired) electrons. The van der Waals surface area contributed by atoms with Gasteiger partial charge in [-0.25, -0.2) is 4.98 Å². The molecule has 1 heterocycles. The lowest BCUT2D eigenvalue weighted by Crippen LogP contribution is -2.33. The molecule has 1 fully saturated rings. The van der Waals surface area contributed by atoms with Crippen molar-refractivity contribution in [1.82, 2.24) is 10.3 Å². The summed E-state index contributed by atoms with van der Waals surface area (Å²) in [5.41, 5.74) is 3.35. The number of para-hydroxylation sites is 1. The number of hydrogen-bond donors (Lipinski definition) is 1. The Kier molecular flexibility index (Phi) is 7.77. The van der Waals surface area contributed by atoms with Crippen molar-refractivity contribution >= 4 is 22.4 Å². The van der Waals surface area contributed by atoms with Gasteiger partial charge in [-0.2, -0.15) is 0 Å². The molecular weight excluding hydrogens is 442 g/mol. The summed E-state index contributed by atoms with van der Waals surface area (Å²) in [6.45, 7) is 11.7. The summed E-state index contributed by atoms with van der Waals surface area (Å²) in [7, 11) is 0. The highest BCUT2D eigenvalue weighted by Gasteiger charge is 2.26. The fraction of sp³-hybridized carbons (Fsp3) is 0.500. The zero-order chi connectivity index (χ0) is 24.1. The fourth-order valence-electron chi connectivity index (χ4n) is 4.05. The summed E-state index contributed by atoms with van der Waals surface area (Å²) in [5, 5.41) is 6.30. The van der Waals surface area contributed by atoms with E-state index in [1.165, 1.54) is 18.4 Å². The molecule has 0 unspecified atom stereocenters. The van der Waals surface area contributed by atoms with Gasteiger partial charge in [0.15, 0.2) is 5.13 Å². The molecular formula is C28H37N3O2S. The van der Waals surface area contributed by atoms with E-state index in [0.29, 0.717) is 12.5 Å². The Morgan fingerprint density at radius 2 is 1.97 bits per heavy atom. The summed E-state index contributed by atoms with van der Waals surface area (Å²) in [6.07, 6.45) is 7.53. The molecule has 4 rings (SSSR count). The van der Waals surface area contributed by atoms with Crippen LogP contribution >= 0.6 is 11.3 Å². The molecule has 1 saturated carbocycles. The number of carbonyl (C=O) groups excluding carboxylic acids is 1. The van der Waals surface area contributed by atoms with E-state index in [1.807, 2.05) is 36.4 Å². The molecule has 2 aromatic rings. The molecule has 0 bridgehead atoms. The monoisotopic (exact) mass is 479 g/mol. The third-order valence-corrected chi connectivity index (χ3v) is 7.31. The van der Waals surface area contributed by atoms with Crippen molar-refractivity contribution in [3.63, 3.8) is 0 Å². The lowest BCUT2D eigenvalue weighted by atomic mass is 9.87. The van der Waals surface area contributed by atoms with Crippen LogP contribution in [0, 0.1) is 11.8 Å². The molecule has 1 N–H and O–H groups in total. The van der Waals surface area contributed by atoms with Crippen molar-refractivity contribution in [2.75, 3.05) is 31.1 Å². The Morgan fingerprint density at radius 3 is 2.62 bits per heavy atom. The topological polar surface area (TPSA) is 54.5 Å². The van der Waals surface area contributed by atoms with E-state index in [2.05, 4.69) is 49.4 Å². The first-order valence-electron chi connectivity index (χ1n) is 12.4. The van der Waals surface area contributed by atoms with Gasteiger partial charge in [-0.15, -0.1) is 11.3 Å². The average Bonchev–Trinajstić information content (AvgIpc) is 3.49. The first kappa shape index (κ1) is 24.5. The van der Waals surface area contributed by atoms with Crippen molar-refractivity contribution in [3.8, 4) is 5.75 Å². The van der Waals surface area contributed by atoms with Crippen LogP contribution in [-0.4, -0.2) is 37.1 Å². The molecule has 6 heteroatoms. The van der Waals surface area contributed by atoms with Crippen LogP contribution in [0.15, 0.2) is 59.0 Å². The van der Waals surface area contributed by atoms with Crippen molar-refractivity contribution in [2.45, 2.75) is 52.4 Å². The number of thiazole rings is 1. The number of aromatic nitrogens is 1. The number of nitrogens with one attached hydrogen (secondary N) is 1. The minimum atomic E-state index is 0.0189. The predicted molar refractivity (Wildman–Crippen MR) is 141 cm³/mol. The normalized spacial score (nSPS) is 18.2. The second kappa shape index (κ2) is 10.8. The smallest absolute Gasteiger partial charge is 0.247 e. The second-order valence-electron chi connectivity index (χ2n) is 10.6. The van der Waals surface area contributed by atoms with Crippen molar-refractivity contribution in [3.05, 3.63) is 64.7 Å². The number of rotatable bonds is 10. The predicted octanol–water partition coefficient (Wildman–Crippen LogP) is 5.74. The van der Waals surface area contributed by atoms with Crippen molar-refractivity contribution in [2.24, 2.45) is 11.8 Å². The minimum Gasteiger partial charge on any atom is -0.492 e. The van der Waals surface area contributed by atoms with E-state index in [0.717, 1.165) is 48.2 Å². The van der Waals surface area contributed by atoms with E-state index in [9.17, 15) is 4.79 Å². The number of nitrogens with zero attached hydrogens (tertiary/aromatic N) is 2. The Bertz CT molecular complexity index is 1030. The molecule has 1 aromatic heterocycles. The van der Waals surface area contributed by atoms with E-state index >= 15 is 0 Å². The Morgan fingerprint density at radius 1 is 1.21 bits per heavy atom. The summed E-state index contributed by atoms with van der Waals surface area (Å²) < 4.78 is 5.99. The highest BCUT2D eigenvalue weighted by Crippen LogP contribution is 2.32. The summed E-state index contributed by atoms with van der Waals surface area (Å²) in [5.74, 6) is 1.88. The maximum atomic E-state index is 12.6. The number of carbonyl (C=O) groups is 1. The van der Waals surface area contributed by atoms with Gasteiger partial charge in [0.05, 0.1) is 12.2 Å². The van der Waals surface area contributed by atoms with Crippen LogP contribution in [0.1, 0.15) is 52.7 Å². The van der Waals surface area contributed by atoms with Gasteiger partial charge >= 0.3 is 0 Å². The number of anilines is 1. The highest BCUT2D eigenvalue weighted by molar-refractivity contribution is 7.13. The van der Waals surface area contributed by atoms with Gasteiger partial charge in [0.2, 0.25) is 5.91 Å². The Hall–Kier alpha value is -2.60. The van der Waals surface area contributed by atoms with Gasteiger partial charge in [-0.3, -0.25) is 4.79 Å². The first-order chi connectivity index (χ1) is 16.3. The average molecular weight is 480 g/mol. The number of allylic oxidation sites excluding steroid dienone is 2. The maximum absolute atomic E-state index is 12.6. The molecule has 0 spiro atoms. The van der Waals surface area contributed by atoms with E-state index < -0.39 is 0 Å². The van der Waals surface area contributed by atoms with Gasteiger partial charge in [-0.1, -0.05) is 63.6 Å². The zero-order valence-corrected chi connectivity index (χ0v) is 21.7. The summed E-state index contributed by atoms with van der Waals surface area (Å²) >= 11 is 1.69. The van der Waals surface area contributed by atoms with Gasteiger partial charge in [0, 0.05) is 29.5 Å². The van der Waals surface area contributed by atoms with E-state index in [1.54, 1.807) is 11.3 Å². The molecule has 2 aliphatic rings. The van der Waals surface area contributed by atoms with Crippen LogP contribution in [0.3, 0.4) is 0 Å². The summed E-state index contributed by atoms with van der Waals surface area (Å²) in [4.78, 5) is 19.9. The lowest BCUT2D eigenvalue weighted by Gasteiger charge is -2.27. The maximum Gasteiger partial charge on any atom is 0.247 e. The third-order valence-electron chi connectivity index (χ3n) is 6.41. The molecule has 182 valence electrons. The Labute approximate surface area is 207 Å². The second-order valence-corrected chi connectivity index (χ2v) is 11.4. The van der Waals surface area contributed by atoms with Crippen LogP contribution in [0.5, 0.6) is 5.75 Å². The van der Waals surface area contributed by atoms with E-state index in [4.69, 9.17) is 9.72 Å². The largest absolute Gasteiger partial charge is 0.492 e. The molecule has 0 aliphatic heterocycles. The summed E-state index contributed by atoms with van der Waals surface area (Å²) in [6, 6.07) is 9.94. The number of hydrogen-bond acceptors (Lipinski definition) is 5. The molecule has 5 nitrogen and oxygen atoms in total. The molecule has 1 aromatic carbocycles. The van der Waals surface area contributed by atoms with Crippen LogP contribution in [-0.2, 0) is 10.2 Å². The zero-order valence-electron chi connectivity index (χ0n) is 20.8. The van der Waals surface area contributed by atoms with Gasteiger partial charge < -0.3 is 15.0 Å². The quantitative estimate of drug-likeness (QED) is 0.472. The lowest BCUT2D eigenvalue weighted by molar-refractivity contribution is -0.118. The Balaban J connectivity index is 1.44. The highest BCUT2D eigenvalue weighted by atomic mass is 32.1. The number of benzene rings is 1. The molecule has 1 amide bonds. The first-order valence-corrected chi connectivity index (χ1v) is 13.2. The van der Waals surface area contributed by atoms with Gasteiger partial charge in [0.25, 0.3) is 0 Å². The molecule has 0 saturated heterocycles. The van der Waals surface area contributed by atoms with Crippen LogP contribution in [0.25, 0.3) is 0 Å². The SMILES string of the molecule is C[C@@H]1CC(CN(CCOc2ccccc2)c2nc(C(C)(C)C)cs2)=CC=C1C(=O)NCC1CC1. The van der Waals surface area contributed by atoms with Gasteiger partial charge in [0.1, 0.15) is 12.4 Å². The van der Waals surface area contributed by atoms with E-state index in [-0.39, 0.29) is 17.2 Å². The number of ether oxygens (including phenoxy) is 1.